The molecule has 0 aromatic heterocycles. The van der Waals surface area contributed by atoms with E-state index in [9.17, 15) is 4.79 Å². The highest BCUT2D eigenvalue weighted by atomic mass is 16.2. The molecule has 0 aliphatic carbocycles. The summed E-state index contributed by atoms with van der Waals surface area (Å²) >= 11 is 0. The van der Waals surface area contributed by atoms with Crippen molar-refractivity contribution in [1.29, 1.82) is 0 Å². The second-order valence-electron chi connectivity index (χ2n) is 7.10. The van der Waals surface area contributed by atoms with Crippen LogP contribution < -0.4 is 9.80 Å². The molecule has 0 aliphatic rings. The molecule has 3 aromatic carbocycles. The molecule has 3 aromatic rings. The van der Waals surface area contributed by atoms with Crippen LogP contribution in [-0.4, -0.2) is 25.5 Å². The zero-order valence-electron chi connectivity index (χ0n) is 18.1. The molecule has 0 spiro atoms. The third-order valence-corrected chi connectivity index (χ3v) is 5.46. The number of carbonyl (C=O) groups is 1. The highest BCUT2D eigenvalue weighted by Gasteiger charge is 2.15. The quantitative estimate of drug-likeness (QED) is 0.410. The van der Waals surface area contributed by atoms with Crippen molar-refractivity contribution in [3.05, 3.63) is 85.5 Å². The Morgan fingerprint density at radius 2 is 1.37 bits per heavy atom. The highest BCUT2D eigenvalue weighted by Crippen LogP contribution is 2.36. The predicted molar refractivity (Wildman–Crippen MR) is 129 cm³/mol. The summed E-state index contributed by atoms with van der Waals surface area (Å²) in [5.41, 5.74) is 6.66. The molecule has 0 aliphatic heterocycles. The first-order valence-electron chi connectivity index (χ1n) is 10.6. The fourth-order valence-corrected chi connectivity index (χ4v) is 3.82. The first-order valence-corrected chi connectivity index (χ1v) is 10.6. The third-order valence-electron chi connectivity index (χ3n) is 5.46. The molecule has 30 heavy (non-hydrogen) atoms. The molecule has 1 amide bonds. The lowest BCUT2D eigenvalue weighted by molar-refractivity contribution is -0.114. The van der Waals surface area contributed by atoms with Gasteiger partial charge in [0.1, 0.15) is 0 Å². The highest BCUT2D eigenvalue weighted by molar-refractivity contribution is 6.02. The lowest BCUT2D eigenvalue weighted by atomic mass is 9.93. The predicted octanol–water partition coefficient (Wildman–Crippen LogP) is 6.41. The zero-order valence-corrected chi connectivity index (χ0v) is 18.1. The summed E-state index contributed by atoms with van der Waals surface area (Å²) in [5, 5.41) is 0. The van der Waals surface area contributed by atoms with E-state index in [-0.39, 0.29) is 5.91 Å². The van der Waals surface area contributed by atoms with Gasteiger partial charge in [0, 0.05) is 31.0 Å². The van der Waals surface area contributed by atoms with Crippen molar-refractivity contribution in [2.75, 3.05) is 29.4 Å². The third kappa shape index (κ3) is 4.46. The fourth-order valence-electron chi connectivity index (χ4n) is 3.82. The van der Waals surface area contributed by atoms with Crippen LogP contribution in [0, 0.1) is 0 Å². The Hall–Kier alpha value is -3.33. The molecular formula is C27H30N2O. The van der Waals surface area contributed by atoms with Gasteiger partial charge in [-0.2, -0.15) is 0 Å². The number of anilines is 2. The van der Waals surface area contributed by atoms with E-state index in [1.807, 2.05) is 31.2 Å². The van der Waals surface area contributed by atoms with Gasteiger partial charge < -0.3 is 9.80 Å². The van der Waals surface area contributed by atoms with Crippen LogP contribution >= 0.6 is 0 Å². The number of nitrogens with zero attached hydrogens (tertiary/aromatic N) is 2. The van der Waals surface area contributed by atoms with Crippen molar-refractivity contribution in [2.45, 2.75) is 20.8 Å². The fraction of sp³-hybridized carbons (Fsp3) is 0.222. The Kier molecular flexibility index (Phi) is 7.08. The average molecular weight is 399 g/mol. The van der Waals surface area contributed by atoms with Gasteiger partial charge in [0.15, 0.2) is 0 Å². The normalized spacial score (nSPS) is 10.5. The lowest BCUT2D eigenvalue weighted by Crippen LogP contribution is -2.28. The van der Waals surface area contributed by atoms with Crippen LogP contribution in [0.25, 0.3) is 22.3 Å². The summed E-state index contributed by atoms with van der Waals surface area (Å²) in [6.45, 7) is 12.5. The SMILES string of the molecule is C=CC(=O)N(CC)c1ccc(-c2ccc(N(CC)CC)cc2)c(-c2ccccc2)c1. The first-order chi connectivity index (χ1) is 14.6. The van der Waals surface area contributed by atoms with E-state index in [2.05, 4.69) is 73.9 Å². The van der Waals surface area contributed by atoms with Crippen LogP contribution in [0.15, 0.2) is 85.5 Å². The van der Waals surface area contributed by atoms with Crippen LogP contribution in [0.3, 0.4) is 0 Å². The summed E-state index contributed by atoms with van der Waals surface area (Å²) < 4.78 is 0. The second kappa shape index (κ2) is 9.93. The molecular weight excluding hydrogens is 368 g/mol. The molecule has 0 saturated heterocycles. The van der Waals surface area contributed by atoms with Gasteiger partial charge in [-0.15, -0.1) is 0 Å². The maximum atomic E-state index is 12.3. The van der Waals surface area contributed by atoms with E-state index in [1.54, 1.807) is 4.90 Å². The Morgan fingerprint density at radius 1 is 0.767 bits per heavy atom. The van der Waals surface area contributed by atoms with Gasteiger partial charge in [0.2, 0.25) is 5.91 Å². The summed E-state index contributed by atoms with van der Waals surface area (Å²) in [4.78, 5) is 16.4. The maximum Gasteiger partial charge on any atom is 0.250 e. The number of likely N-dealkylation sites (N-methyl/N-ethyl adjacent to an activating group) is 1. The van der Waals surface area contributed by atoms with Crippen molar-refractivity contribution >= 4 is 17.3 Å². The molecule has 0 fully saturated rings. The number of amides is 1. The van der Waals surface area contributed by atoms with Crippen molar-refractivity contribution in [1.82, 2.24) is 0 Å². The van der Waals surface area contributed by atoms with Crippen molar-refractivity contribution in [3.8, 4) is 22.3 Å². The molecule has 154 valence electrons. The topological polar surface area (TPSA) is 23.6 Å². The summed E-state index contributed by atoms with van der Waals surface area (Å²) in [7, 11) is 0. The van der Waals surface area contributed by atoms with Crippen molar-refractivity contribution < 1.29 is 4.79 Å². The Balaban J connectivity index is 2.10. The molecule has 0 heterocycles. The Labute approximate surface area is 180 Å². The molecule has 3 nitrogen and oxygen atoms in total. The summed E-state index contributed by atoms with van der Waals surface area (Å²) in [6, 6.07) is 25.3. The number of hydrogen-bond acceptors (Lipinski definition) is 2. The van der Waals surface area contributed by atoms with Gasteiger partial charge in [-0.3, -0.25) is 4.79 Å². The van der Waals surface area contributed by atoms with E-state index in [1.165, 1.54) is 11.8 Å². The summed E-state index contributed by atoms with van der Waals surface area (Å²) in [6.07, 6.45) is 1.37. The standard InChI is InChI=1S/C27H30N2O/c1-5-27(30)29(8-4)24-18-19-25(26(20-24)21-12-10-9-11-13-21)22-14-16-23(17-15-22)28(6-2)7-3/h5,9-20H,1,6-8H2,2-4H3. The number of carbonyl (C=O) groups excluding carboxylic acids is 1. The van der Waals surface area contributed by atoms with Gasteiger partial charge in [0.05, 0.1) is 0 Å². The molecule has 3 rings (SSSR count). The second-order valence-corrected chi connectivity index (χ2v) is 7.10. The van der Waals surface area contributed by atoms with Gasteiger partial charge in [-0.1, -0.05) is 55.1 Å². The van der Waals surface area contributed by atoms with E-state index < -0.39 is 0 Å². The number of hydrogen-bond donors (Lipinski definition) is 0. The van der Waals surface area contributed by atoms with Crippen LogP contribution in [-0.2, 0) is 4.79 Å². The number of rotatable bonds is 8. The molecule has 0 radical (unpaired) electrons. The maximum absolute atomic E-state index is 12.3. The van der Waals surface area contributed by atoms with Gasteiger partial charge in [-0.05, 0) is 73.4 Å². The minimum atomic E-state index is -0.0900. The first kappa shape index (κ1) is 21.4. The molecule has 0 unspecified atom stereocenters. The molecule has 0 N–H and O–H groups in total. The Morgan fingerprint density at radius 3 is 1.93 bits per heavy atom. The molecule has 0 saturated carbocycles. The monoisotopic (exact) mass is 398 g/mol. The lowest BCUT2D eigenvalue weighted by Gasteiger charge is -2.23. The minimum Gasteiger partial charge on any atom is -0.372 e. The van der Waals surface area contributed by atoms with Crippen molar-refractivity contribution in [2.24, 2.45) is 0 Å². The molecule has 0 bridgehead atoms. The van der Waals surface area contributed by atoms with Gasteiger partial charge in [-0.25, -0.2) is 0 Å². The van der Waals surface area contributed by atoms with E-state index in [0.717, 1.165) is 41.0 Å². The summed E-state index contributed by atoms with van der Waals surface area (Å²) in [5.74, 6) is -0.0900. The van der Waals surface area contributed by atoms with Crippen LogP contribution in [0.1, 0.15) is 20.8 Å². The number of benzene rings is 3. The smallest absolute Gasteiger partial charge is 0.250 e. The largest absolute Gasteiger partial charge is 0.372 e. The van der Waals surface area contributed by atoms with Crippen molar-refractivity contribution in [3.63, 3.8) is 0 Å². The Bertz CT molecular complexity index is 989. The van der Waals surface area contributed by atoms with Crippen LogP contribution in [0.4, 0.5) is 11.4 Å². The molecule has 3 heteroatoms. The van der Waals surface area contributed by atoms with Gasteiger partial charge >= 0.3 is 0 Å². The van der Waals surface area contributed by atoms with Crippen LogP contribution in [0.5, 0.6) is 0 Å². The van der Waals surface area contributed by atoms with E-state index in [0.29, 0.717) is 6.54 Å². The van der Waals surface area contributed by atoms with E-state index in [4.69, 9.17) is 0 Å². The van der Waals surface area contributed by atoms with E-state index >= 15 is 0 Å². The molecule has 0 atom stereocenters. The van der Waals surface area contributed by atoms with Crippen LogP contribution in [0.2, 0.25) is 0 Å². The van der Waals surface area contributed by atoms with Gasteiger partial charge in [0.25, 0.3) is 0 Å². The minimum absolute atomic E-state index is 0.0900. The zero-order chi connectivity index (χ0) is 21.5. The average Bonchev–Trinajstić information content (AvgIpc) is 2.81.